The molecule has 0 radical (unpaired) electrons. The molecular formula is C15H20N2O. The molecule has 0 spiro atoms. The van der Waals surface area contributed by atoms with Crippen LogP contribution < -0.4 is 10.1 Å². The van der Waals surface area contributed by atoms with Crippen LogP contribution in [0.15, 0.2) is 24.4 Å². The second-order valence-corrected chi connectivity index (χ2v) is 5.08. The van der Waals surface area contributed by atoms with E-state index in [-0.39, 0.29) is 0 Å². The van der Waals surface area contributed by atoms with Gasteiger partial charge in [0.05, 0.1) is 7.11 Å². The van der Waals surface area contributed by atoms with Gasteiger partial charge in [0, 0.05) is 29.2 Å². The van der Waals surface area contributed by atoms with Gasteiger partial charge in [-0.15, -0.1) is 0 Å². The lowest BCUT2D eigenvalue weighted by atomic mass is 9.97. The number of nitrogens with one attached hydrogen (secondary N) is 2. The second kappa shape index (κ2) is 5.02. The zero-order valence-corrected chi connectivity index (χ0v) is 10.8. The molecule has 2 N–H and O–H groups in total. The lowest BCUT2D eigenvalue weighted by Crippen LogP contribution is -2.35. The van der Waals surface area contributed by atoms with Crippen LogP contribution in [0.4, 0.5) is 0 Å². The summed E-state index contributed by atoms with van der Waals surface area (Å²) in [5, 5.41) is 4.93. The fourth-order valence-electron chi connectivity index (χ4n) is 2.82. The third-order valence-electron chi connectivity index (χ3n) is 3.85. The predicted octanol–water partition coefficient (Wildman–Crippen LogP) is 2.86. The van der Waals surface area contributed by atoms with Crippen LogP contribution in [0, 0.1) is 0 Å². The maximum Gasteiger partial charge on any atom is 0.120 e. The largest absolute Gasteiger partial charge is 0.497 e. The van der Waals surface area contributed by atoms with E-state index in [4.69, 9.17) is 4.74 Å². The fourth-order valence-corrected chi connectivity index (χ4v) is 2.82. The molecule has 3 heteroatoms. The SMILES string of the molecule is COc1ccc2c(CC3CCCCN3)c[nH]c2c1. The van der Waals surface area contributed by atoms with Crippen LogP contribution in [0.5, 0.6) is 5.75 Å². The maximum atomic E-state index is 5.25. The van der Waals surface area contributed by atoms with Gasteiger partial charge in [-0.2, -0.15) is 0 Å². The highest BCUT2D eigenvalue weighted by Crippen LogP contribution is 2.25. The Morgan fingerprint density at radius 1 is 1.33 bits per heavy atom. The highest BCUT2D eigenvalue weighted by molar-refractivity contribution is 5.84. The lowest BCUT2D eigenvalue weighted by Gasteiger charge is -2.23. The van der Waals surface area contributed by atoms with Gasteiger partial charge in [-0.3, -0.25) is 0 Å². The summed E-state index contributed by atoms with van der Waals surface area (Å²) in [5.41, 5.74) is 2.58. The van der Waals surface area contributed by atoms with Gasteiger partial charge in [-0.1, -0.05) is 6.42 Å². The zero-order chi connectivity index (χ0) is 12.4. The number of hydrogen-bond donors (Lipinski definition) is 2. The van der Waals surface area contributed by atoms with Gasteiger partial charge < -0.3 is 15.0 Å². The third kappa shape index (κ3) is 2.23. The second-order valence-electron chi connectivity index (χ2n) is 5.08. The molecular weight excluding hydrogens is 224 g/mol. The first-order valence-corrected chi connectivity index (χ1v) is 6.74. The predicted molar refractivity (Wildman–Crippen MR) is 74.2 cm³/mol. The molecule has 1 aliphatic heterocycles. The van der Waals surface area contributed by atoms with Crippen LogP contribution >= 0.6 is 0 Å². The van der Waals surface area contributed by atoms with Gasteiger partial charge in [-0.25, -0.2) is 0 Å². The van der Waals surface area contributed by atoms with E-state index in [0.29, 0.717) is 6.04 Å². The van der Waals surface area contributed by atoms with Crippen LogP contribution in [-0.2, 0) is 6.42 Å². The molecule has 0 aliphatic carbocycles. The third-order valence-corrected chi connectivity index (χ3v) is 3.85. The maximum absolute atomic E-state index is 5.25. The van der Waals surface area contributed by atoms with E-state index >= 15 is 0 Å². The molecule has 3 nitrogen and oxygen atoms in total. The summed E-state index contributed by atoms with van der Waals surface area (Å²) in [6.45, 7) is 1.17. The Morgan fingerprint density at radius 2 is 2.28 bits per heavy atom. The molecule has 1 atom stereocenters. The minimum absolute atomic E-state index is 0.639. The first-order valence-electron chi connectivity index (χ1n) is 6.74. The quantitative estimate of drug-likeness (QED) is 0.871. The summed E-state index contributed by atoms with van der Waals surface area (Å²) < 4.78 is 5.25. The van der Waals surface area contributed by atoms with Crippen molar-refractivity contribution in [1.82, 2.24) is 10.3 Å². The Labute approximate surface area is 108 Å². The smallest absolute Gasteiger partial charge is 0.120 e. The van der Waals surface area contributed by atoms with Crippen molar-refractivity contribution in [3.05, 3.63) is 30.0 Å². The van der Waals surface area contributed by atoms with E-state index in [0.717, 1.165) is 12.2 Å². The summed E-state index contributed by atoms with van der Waals surface area (Å²) in [4.78, 5) is 3.34. The van der Waals surface area contributed by atoms with Gasteiger partial charge in [0.2, 0.25) is 0 Å². The summed E-state index contributed by atoms with van der Waals surface area (Å²) in [6, 6.07) is 6.89. The standard InChI is InChI=1S/C15H20N2O/c1-18-13-5-6-14-11(10-17-15(14)9-13)8-12-4-2-3-7-16-12/h5-6,9-10,12,16-17H,2-4,7-8H2,1H3. The monoisotopic (exact) mass is 244 g/mol. The van der Waals surface area contributed by atoms with E-state index in [9.17, 15) is 0 Å². The number of ether oxygens (including phenoxy) is 1. The van der Waals surface area contributed by atoms with Crippen molar-refractivity contribution in [2.75, 3.05) is 13.7 Å². The first kappa shape index (κ1) is 11.6. The minimum Gasteiger partial charge on any atom is -0.497 e. The van der Waals surface area contributed by atoms with Crippen molar-refractivity contribution >= 4 is 10.9 Å². The number of aromatic nitrogens is 1. The molecule has 2 heterocycles. The van der Waals surface area contributed by atoms with Crippen molar-refractivity contribution < 1.29 is 4.74 Å². The molecule has 0 amide bonds. The Balaban J connectivity index is 1.83. The topological polar surface area (TPSA) is 37.0 Å². The number of aromatic amines is 1. The van der Waals surface area contributed by atoms with Gasteiger partial charge in [-0.05, 0) is 43.5 Å². The number of fused-ring (bicyclic) bond motifs is 1. The van der Waals surface area contributed by atoms with Crippen molar-refractivity contribution in [3.8, 4) is 5.75 Å². The molecule has 0 saturated carbocycles. The molecule has 3 rings (SSSR count). The van der Waals surface area contributed by atoms with E-state index in [1.54, 1.807) is 7.11 Å². The number of hydrogen-bond acceptors (Lipinski definition) is 2. The van der Waals surface area contributed by atoms with Crippen LogP contribution in [0.1, 0.15) is 24.8 Å². The molecule has 1 saturated heterocycles. The van der Waals surface area contributed by atoms with E-state index < -0.39 is 0 Å². The zero-order valence-electron chi connectivity index (χ0n) is 10.8. The number of benzene rings is 1. The Hall–Kier alpha value is -1.48. The molecule has 1 aromatic carbocycles. The van der Waals surface area contributed by atoms with Gasteiger partial charge >= 0.3 is 0 Å². The van der Waals surface area contributed by atoms with E-state index in [1.807, 2.05) is 6.07 Å². The highest BCUT2D eigenvalue weighted by atomic mass is 16.5. The van der Waals surface area contributed by atoms with E-state index in [2.05, 4.69) is 28.6 Å². The number of methoxy groups -OCH3 is 1. The molecule has 1 aliphatic rings. The summed E-state index contributed by atoms with van der Waals surface area (Å²) in [7, 11) is 1.71. The summed E-state index contributed by atoms with van der Waals surface area (Å²) in [6.07, 6.45) is 7.23. The van der Waals surface area contributed by atoms with E-state index in [1.165, 1.54) is 42.3 Å². The van der Waals surface area contributed by atoms with Gasteiger partial charge in [0.15, 0.2) is 0 Å². The fraction of sp³-hybridized carbons (Fsp3) is 0.467. The van der Waals surface area contributed by atoms with Crippen LogP contribution in [0.3, 0.4) is 0 Å². The molecule has 1 unspecified atom stereocenters. The average molecular weight is 244 g/mol. The van der Waals surface area contributed by atoms with Gasteiger partial charge in [0.1, 0.15) is 5.75 Å². The minimum atomic E-state index is 0.639. The van der Waals surface area contributed by atoms with Crippen LogP contribution in [-0.4, -0.2) is 24.7 Å². The van der Waals surface area contributed by atoms with Crippen molar-refractivity contribution in [3.63, 3.8) is 0 Å². The first-order chi connectivity index (χ1) is 8.86. The van der Waals surface area contributed by atoms with Crippen LogP contribution in [0.2, 0.25) is 0 Å². The normalized spacial score (nSPS) is 20.2. The molecule has 2 aromatic rings. The Kier molecular flexibility index (Phi) is 3.24. The number of rotatable bonds is 3. The molecule has 0 bridgehead atoms. The van der Waals surface area contributed by atoms with Crippen molar-refractivity contribution in [1.29, 1.82) is 0 Å². The number of H-pyrrole nitrogens is 1. The Bertz CT molecular complexity index is 526. The number of piperidine rings is 1. The Morgan fingerprint density at radius 3 is 3.06 bits per heavy atom. The van der Waals surface area contributed by atoms with Crippen molar-refractivity contribution in [2.24, 2.45) is 0 Å². The lowest BCUT2D eigenvalue weighted by molar-refractivity contribution is 0.400. The van der Waals surface area contributed by atoms with Crippen molar-refractivity contribution in [2.45, 2.75) is 31.7 Å². The molecule has 96 valence electrons. The van der Waals surface area contributed by atoms with Crippen LogP contribution in [0.25, 0.3) is 10.9 Å². The molecule has 1 fully saturated rings. The molecule has 1 aromatic heterocycles. The summed E-state index contributed by atoms with van der Waals surface area (Å²) in [5.74, 6) is 0.909. The van der Waals surface area contributed by atoms with Gasteiger partial charge in [0.25, 0.3) is 0 Å². The highest BCUT2D eigenvalue weighted by Gasteiger charge is 2.15. The average Bonchev–Trinajstić information content (AvgIpc) is 2.82. The summed E-state index contributed by atoms with van der Waals surface area (Å²) >= 11 is 0. The molecule has 18 heavy (non-hydrogen) atoms.